The van der Waals surface area contributed by atoms with Crippen molar-refractivity contribution in [3.63, 3.8) is 0 Å². The quantitative estimate of drug-likeness (QED) is 0.726. The molecule has 0 aliphatic carbocycles. The highest BCUT2D eigenvalue weighted by Gasteiger charge is 2.21. The summed E-state index contributed by atoms with van der Waals surface area (Å²) in [7, 11) is 0. The summed E-state index contributed by atoms with van der Waals surface area (Å²) in [6.45, 7) is 5.89. The van der Waals surface area contributed by atoms with Gasteiger partial charge in [-0.2, -0.15) is 0 Å². The molecule has 0 bridgehead atoms. The van der Waals surface area contributed by atoms with E-state index in [1.165, 1.54) is 0 Å². The fourth-order valence-corrected chi connectivity index (χ4v) is 1.51. The van der Waals surface area contributed by atoms with E-state index in [4.69, 9.17) is 4.74 Å². The van der Waals surface area contributed by atoms with Gasteiger partial charge in [0.25, 0.3) is 0 Å². The molecule has 0 spiro atoms. The van der Waals surface area contributed by atoms with E-state index in [-0.39, 0.29) is 17.2 Å². The SMILES string of the molecule is CC(=O)CCC(C)(C)COC(=O)c1ccccc1. The highest BCUT2D eigenvalue weighted by atomic mass is 16.5. The van der Waals surface area contributed by atoms with Gasteiger partial charge in [-0.15, -0.1) is 0 Å². The number of hydrogen-bond donors (Lipinski definition) is 0. The number of carbonyl (C=O) groups is 2. The van der Waals surface area contributed by atoms with E-state index in [9.17, 15) is 9.59 Å². The molecule has 0 heterocycles. The van der Waals surface area contributed by atoms with Gasteiger partial charge < -0.3 is 9.53 Å². The number of ketones is 1. The number of ether oxygens (including phenoxy) is 1. The van der Waals surface area contributed by atoms with Crippen molar-refractivity contribution in [1.29, 1.82) is 0 Å². The summed E-state index contributed by atoms with van der Waals surface area (Å²) in [5.74, 6) is -0.149. The fourth-order valence-electron chi connectivity index (χ4n) is 1.51. The van der Waals surface area contributed by atoms with Crippen molar-refractivity contribution >= 4 is 11.8 Å². The third-order valence-corrected chi connectivity index (χ3v) is 2.76. The molecular formula is C15H20O3. The second-order valence-corrected chi connectivity index (χ2v) is 5.31. The van der Waals surface area contributed by atoms with Crippen molar-refractivity contribution in [3.8, 4) is 0 Å². The number of benzene rings is 1. The van der Waals surface area contributed by atoms with Crippen molar-refractivity contribution in [2.24, 2.45) is 5.41 Å². The van der Waals surface area contributed by atoms with Crippen molar-refractivity contribution in [1.82, 2.24) is 0 Å². The van der Waals surface area contributed by atoms with Crippen molar-refractivity contribution in [2.75, 3.05) is 6.61 Å². The summed E-state index contributed by atoms with van der Waals surface area (Å²) >= 11 is 0. The Morgan fingerprint density at radius 1 is 1.17 bits per heavy atom. The lowest BCUT2D eigenvalue weighted by atomic mass is 9.88. The topological polar surface area (TPSA) is 43.4 Å². The minimum absolute atomic E-state index is 0.164. The molecule has 0 aromatic heterocycles. The van der Waals surface area contributed by atoms with E-state index < -0.39 is 0 Å². The van der Waals surface area contributed by atoms with Crippen LogP contribution in [0.4, 0.5) is 0 Å². The van der Waals surface area contributed by atoms with Crippen LogP contribution in [0, 0.1) is 5.41 Å². The molecule has 0 amide bonds. The minimum Gasteiger partial charge on any atom is -0.462 e. The Morgan fingerprint density at radius 2 is 1.78 bits per heavy atom. The Kier molecular flexibility index (Phi) is 5.08. The van der Waals surface area contributed by atoms with E-state index in [2.05, 4.69) is 0 Å². The largest absolute Gasteiger partial charge is 0.462 e. The molecule has 0 radical (unpaired) electrons. The van der Waals surface area contributed by atoms with Gasteiger partial charge in [0, 0.05) is 6.42 Å². The molecule has 18 heavy (non-hydrogen) atoms. The maximum absolute atomic E-state index is 11.7. The van der Waals surface area contributed by atoms with Crippen LogP contribution in [0.1, 0.15) is 44.0 Å². The number of esters is 1. The van der Waals surface area contributed by atoms with Gasteiger partial charge in [0.05, 0.1) is 12.2 Å². The van der Waals surface area contributed by atoms with E-state index in [1.54, 1.807) is 31.2 Å². The Labute approximate surface area is 108 Å². The standard InChI is InChI=1S/C15H20O3/c1-12(16)9-10-15(2,3)11-18-14(17)13-7-5-4-6-8-13/h4-8H,9-11H2,1-3H3. The Balaban J connectivity index is 2.44. The summed E-state index contributed by atoms with van der Waals surface area (Å²) in [5.41, 5.74) is 0.385. The summed E-state index contributed by atoms with van der Waals surface area (Å²) in [4.78, 5) is 22.7. The van der Waals surface area contributed by atoms with Crippen LogP contribution in [-0.2, 0) is 9.53 Å². The zero-order valence-electron chi connectivity index (χ0n) is 11.2. The first-order valence-corrected chi connectivity index (χ1v) is 6.12. The normalized spacial score (nSPS) is 11.1. The van der Waals surface area contributed by atoms with E-state index >= 15 is 0 Å². The molecule has 3 heteroatoms. The molecule has 0 atom stereocenters. The number of hydrogen-bond acceptors (Lipinski definition) is 3. The second-order valence-electron chi connectivity index (χ2n) is 5.31. The van der Waals surface area contributed by atoms with Crippen molar-refractivity contribution < 1.29 is 14.3 Å². The lowest BCUT2D eigenvalue weighted by Crippen LogP contribution is -2.22. The van der Waals surface area contributed by atoms with Gasteiger partial charge in [-0.1, -0.05) is 32.0 Å². The minimum atomic E-state index is -0.313. The van der Waals surface area contributed by atoms with Crippen LogP contribution in [0.2, 0.25) is 0 Å². The van der Waals surface area contributed by atoms with Crippen LogP contribution in [0.3, 0.4) is 0 Å². The van der Waals surface area contributed by atoms with Crippen LogP contribution in [0.25, 0.3) is 0 Å². The molecule has 0 fully saturated rings. The highest BCUT2D eigenvalue weighted by molar-refractivity contribution is 5.89. The first-order chi connectivity index (χ1) is 8.41. The lowest BCUT2D eigenvalue weighted by molar-refractivity contribution is -0.117. The monoisotopic (exact) mass is 248 g/mol. The molecule has 0 aliphatic rings. The fraction of sp³-hybridized carbons (Fsp3) is 0.467. The summed E-state index contributed by atoms with van der Waals surface area (Å²) < 4.78 is 5.27. The number of carbonyl (C=O) groups excluding carboxylic acids is 2. The second kappa shape index (κ2) is 6.34. The maximum atomic E-state index is 11.7. The molecule has 3 nitrogen and oxygen atoms in total. The third kappa shape index (κ3) is 5.13. The first-order valence-electron chi connectivity index (χ1n) is 6.12. The average molecular weight is 248 g/mol. The molecule has 1 aromatic carbocycles. The number of Topliss-reactive ketones (excluding diaryl/α,β-unsaturated/α-hetero) is 1. The van der Waals surface area contributed by atoms with Gasteiger partial charge in [-0.3, -0.25) is 0 Å². The van der Waals surface area contributed by atoms with Crippen molar-refractivity contribution in [2.45, 2.75) is 33.6 Å². The van der Waals surface area contributed by atoms with Gasteiger partial charge in [0.1, 0.15) is 5.78 Å². The van der Waals surface area contributed by atoms with Crippen LogP contribution in [0.5, 0.6) is 0 Å². The zero-order chi connectivity index (χ0) is 13.6. The van der Waals surface area contributed by atoms with Gasteiger partial charge in [0.2, 0.25) is 0 Å². The molecule has 0 saturated carbocycles. The predicted octanol–water partition coefficient (Wildman–Crippen LogP) is 3.24. The molecule has 0 unspecified atom stereocenters. The van der Waals surface area contributed by atoms with E-state index in [0.717, 1.165) is 6.42 Å². The van der Waals surface area contributed by atoms with Crippen LogP contribution < -0.4 is 0 Å². The molecule has 1 rings (SSSR count). The molecule has 0 N–H and O–H groups in total. The zero-order valence-corrected chi connectivity index (χ0v) is 11.2. The Morgan fingerprint density at radius 3 is 2.33 bits per heavy atom. The Bertz CT molecular complexity index is 407. The van der Waals surface area contributed by atoms with E-state index in [1.807, 2.05) is 19.9 Å². The average Bonchev–Trinajstić information content (AvgIpc) is 2.35. The van der Waals surface area contributed by atoms with Gasteiger partial charge in [-0.05, 0) is 30.9 Å². The summed E-state index contributed by atoms with van der Waals surface area (Å²) in [5, 5.41) is 0. The smallest absolute Gasteiger partial charge is 0.338 e. The molecule has 0 aliphatic heterocycles. The molecule has 1 aromatic rings. The Hall–Kier alpha value is -1.64. The van der Waals surface area contributed by atoms with E-state index in [0.29, 0.717) is 18.6 Å². The third-order valence-electron chi connectivity index (χ3n) is 2.76. The summed E-state index contributed by atoms with van der Waals surface area (Å²) in [6, 6.07) is 8.92. The predicted molar refractivity (Wildman–Crippen MR) is 70.4 cm³/mol. The highest BCUT2D eigenvalue weighted by Crippen LogP contribution is 2.23. The van der Waals surface area contributed by atoms with Crippen LogP contribution >= 0.6 is 0 Å². The van der Waals surface area contributed by atoms with Gasteiger partial charge >= 0.3 is 5.97 Å². The van der Waals surface area contributed by atoms with Crippen LogP contribution in [-0.4, -0.2) is 18.4 Å². The summed E-state index contributed by atoms with van der Waals surface area (Å²) in [6.07, 6.45) is 1.25. The molecular weight excluding hydrogens is 228 g/mol. The molecule has 0 saturated heterocycles. The first kappa shape index (κ1) is 14.4. The van der Waals surface area contributed by atoms with Crippen LogP contribution in [0.15, 0.2) is 30.3 Å². The molecule has 98 valence electrons. The maximum Gasteiger partial charge on any atom is 0.338 e. The van der Waals surface area contributed by atoms with Gasteiger partial charge in [-0.25, -0.2) is 4.79 Å². The van der Waals surface area contributed by atoms with Crippen molar-refractivity contribution in [3.05, 3.63) is 35.9 Å². The van der Waals surface area contributed by atoms with Gasteiger partial charge in [0.15, 0.2) is 0 Å². The lowest BCUT2D eigenvalue weighted by Gasteiger charge is -2.23. The number of rotatable bonds is 6.